The zero-order valence-electron chi connectivity index (χ0n) is 16.4. The lowest BCUT2D eigenvalue weighted by Crippen LogP contribution is -2.13. The third kappa shape index (κ3) is 5.11. The highest BCUT2D eigenvalue weighted by Gasteiger charge is 2.19. The number of ketones is 1. The van der Waals surface area contributed by atoms with Crippen LogP contribution in [-0.2, 0) is 0 Å². The molecular formula is C21H23N3O2S2. The van der Waals surface area contributed by atoms with E-state index in [1.165, 1.54) is 34.2 Å². The predicted octanol–water partition coefficient (Wildman–Crippen LogP) is 5.66. The largest absolute Gasteiger partial charge is 0.494 e. The number of anilines is 2. The van der Waals surface area contributed by atoms with Gasteiger partial charge in [0.1, 0.15) is 5.75 Å². The van der Waals surface area contributed by atoms with Crippen molar-refractivity contribution in [3.05, 3.63) is 59.2 Å². The monoisotopic (exact) mass is 413 g/mol. The van der Waals surface area contributed by atoms with Crippen molar-refractivity contribution in [2.45, 2.75) is 37.3 Å². The maximum atomic E-state index is 12.7. The second-order valence-corrected chi connectivity index (χ2v) is 8.94. The van der Waals surface area contributed by atoms with Crippen LogP contribution in [0.5, 0.6) is 5.75 Å². The molecule has 0 saturated heterocycles. The summed E-state index contributed by atoms with van der Waals surface area (Å²) in [5.74, 6) is 0.831. The highest BCUT2D eigenvalue weighted by Crippen LogP contribution is 2.32. The second-order valence-electron chi connectivity index (χ2n) is 6.38. The summed E-state index contributed by atoms with van der Waals surface area (Å²) in [7, 11) is 0. The predicted molar refractivity (Wildman–Crippen MR) is 116 cm³/mol. The van der Waals surface area contributed by atoms with Gasteiger partial charge in [-0.2, -0.15) is 0 Å². The van der Waals surface area contributed by atoms with Gasteiger partial charge in [-0.3, -0.25) is 4.79 Å². The molecule has 1 atom stereocenters. The number of carbonyl (C=O) groups excluding carboxylic acids is 1. The number of thioether (sulfide) groups is 1. The molecule has 1 aromatic heterocycles. The van der Waals surface area contributed by atoms with E-state index in [0.717, 1.165) is 15.8 Å². The molecule has 1 heterocycles. The Kier molecular flexibility index (Phi) is 6.70. The Hall–Kier alpha value is -2.38. The Bertz CT molecular complexity index is 955. The molecule has 0 unspecified atom stereocenters. The summed E-state index contributed by atoms with van der Waals surface area (Å²) in [6, 6.07) is 13.4. The van der Waals surface area contributed by atoms with Crippen LogP contribution in [0.25, 0.3) is 0 Å². The van der Waals surface area contributed by atoms with Crippen LogP contribution in [0, 0.1) is 13.8 Å². The molecule has 3 aromatic rings. The Labute approximate surface area is 173 Å². The number of hydrogen-bond acceptors (Lipinski definition) is 7. The number of aryl methyl sites for hydroxylation is 2. The van der Waals surface area contributed by atoms with E-state index in [4.69, 9.17) is 4.74 Å². The van der Waals surface area contributed by atoms with Gasteiger partial charge in [0.05, 0.1) is 11.9 Å². The fraction of sp³-hybridized carbons (Fsp3) is 0.286. The molecule has 0 fully saturated rings. The van der Waals surface area contributed by atoms with E-state index < -0.39 is 0 Å². The topological polar surface area (TPSA) is 64.1 Å². The molecule has 0 spiro atoms. The van der Waals surface area contributed by atoms with E-state index in [9.17, 15) is 4.79 Å². The van der Waals surface area contributed by atoms with Crippen molar-refractivity contribution in [2.75, 3.05) is 11.9 Å². The van der Waals surface area contributed by atoms with Crippen LogP contribution < -0.4 is 10.1 Å². The minimum Gasteiger partial charge on any atom is -0.494 e. The summed E-state index contributed by atoms with van der Waals surface area (Å²) < 4.78 is 6.18. The number of nitrogens with one attached hydrogen (secondary N) is 1. The van der Waals surface area contributed by atoms with Gasteiger partial charge in [-0.25, -0.2) is 0 Å². The number of hydrogen-bond donors (Lipinski definition) is 1. The Morgan fingerprint density at radius 3 is 2.57 bits per heavy atom. The second kappa shape index (κ2) is 9.21. The first-order valence-corrected chi connectivity index (χ1v) is 10.8. The molecule has 0 aliphatic heterocycles. The van der Waals surface area contributed by atoms with Crippen molar-refractivity contribution < 1.29 is 9.53 Å². The first kappa shape index (κ1) is 20.4. The number of aromatic nitrogens is 2. The highest BCUT2D eigenvalue weighted by atomic mass is 32.2. The number of benzene rings is 2. The minimum atomic E-state index is -0.250. The van der Waals surface area contributed by atoms with Crippen molar-refractivity contribution in [3.8, 4) is 5.75 Å². The van der Waals surface area contributed by atoms with Gasteiger partial charge >= 0.3 is 0 Å². The fourth-order valence-electron chi connectivity index (χ4n) is 2.57. The normalized spacial score (nSPS) is 11.9. The smallest absolute Gasteiger partial charge is 0.210 e. The zero-order valence-corrected chi connectivity index (χ0v) is 18.0. The van der Waals surface area contributed by atoms with E-state index in [1.807, 2.05) is 32.0 Å². The first-order valence-electron chi connectivity index (χ1n) is 9.07. The summed E-state index contributed by atoms with van der Waals surface area (Å²) in [5, 5.41) is 12.1. The maximum absolute atomic E-state index is 12.7. The Balaban J connectivity index is 1.61. The molecule has 0 amide bonds. The third-order valence-corrected chi connectivity index (χ3v) is 6.28. The van der Waals surface area contributed by atoms with Gasteiger partial charge in [0.2, 0.25) is 5.13 Å². The molecule has 2 aromatic carbocycles. The minimum absolute atomic E-state index is 0.0620. The first-order chi connectivity index (χ1) is 13.5. The molecule has 0 radical (unpaired) electrons. The fourth-order valence-corrected chi connectivity index (χ4v) is 4.57. The lowest BCUT2D eigenvalue weighted by molar-refractivity contribution is 0.0994. The zero-order chi connectivity index (χ0) is 20.1. The van der Waals surface area contributed by atoms with Gasteiger partial charge in [0.15, 0.2) is 10.1 Å². The van der Waals surface area contributed by atoms with Crippen molar-refractivity contribution in [1.29, 1.82) is 0 Å². The number of ether oxygens (including phenoxy) is 1. The molecule has 146 valence electrons. The van der Waals surface area contributed by atoms with Crippen LogP contribution in [0.1, 0.15) is 35.3 Å². The Morgan fingerprint density at radius 2 is 1.89 bits per heavy atom. The van der Waals surface area contributed by atoms with E-state index >= 15 is 0 Å². The van der Waals surface area contributed by atoms with E-state index in [0.29, 0.717) is 17.3 Å². The molecule has 7 heteroatoms. The van der Waals surface area contributed by atoms with Gasteiger partial charge in [-0.15, -0.1) is 10.2 Å². The molecule has 0 bridgehead atoms. The maximum Gasteiger partial charge on any atom is 0.210 e. The average Bonchev–Trinajstić information content (AvgIpc) is 3.12. The lowest BCUT2D eigenvalue weighted by atomic mass is 10.1. The summed E-state index contributed by atoms with van der Waals surface area (Å²) in [4.78, 5) is 12.7. The van der Waals surface area contributed by atoms with E-state index in [1.54, 1.807) is 12.1 Å². The number of carbonyl (C=O) groups is 1. The molecule has 3 rings (SSSR count). The summed E-state index contributed by atoms with van der Waals surface area (Å²) in [5.41, 5.74) is 4.12. The van der Waals surface area contributed by atoms with Crippen LogP contribution in [0.15, 0.2) is 46.8 Å². The van der Waals surface area contributed by atoms with Gasteiger partial charge < -0.3 is 10.1 Å². The molecular weight excluding hydrogens is 390 g/mol. The number of rotatable bonds is 8. The van der Waals surface area contributed by atoms with Crippen LogP contribution in [0.2, 0.25) is 0 Å². The van der Waals surface area contributed by atoms with Crippen LogP contribution >= 0.6 is 23.1 Å². The van der Waals surface area contributed by atoms with Crippen molar-refractivity contribution >= 4 is 39.7 Å². The average molecular weight is 414 g/mol. The number of nitrogens with zero attached hydrogens (tertiary/aromatic N) is 2. The van der Waals surface area contributed by atoms with Crippen molar-refractivity contribution in [2.24, 2.45) is 0 Å². The summed E-state index contributed by atoms with van der Waals surface area (Å²) in [6.45, 7) is 8.59. The number of Topliss-reactive ketones (excluding diaryl/α,β-unsaturated/α-hetero) is 1. The van der Waals surface area contributed by atoms with Crippen LogP contribution in [0.4, 0.5) is 10.8 Å². The van der Waals surface area contributed by atoms with Crippen molar-refractivity contribution in [3.63, 3.8) is 0 Å². The Morgan fingerprint density at radius 1 is 1.14 bits per heavy atom. The standard InChI is InChI=1S/C21H23N3O2S2/c1-5-26-18-10-7-16(8-11-18)19(25)15(4)27-21-24-23-20(28-21)22-17-9-6-13(2)14(3)12-17/h6-12,15H,5H2,1-4H3,(H,22,23)/t15-/m1/s1. The molecule has 0 saturated carbocycles. The SMILES string of the molecule is CCOc1ccc(C(=O)[C@@H](C)Sc2nnc(Nc3ccc(C)c(C)c3)s2)cc1. The molecule has 0 aliphatic carbocycles. The summed E-state index contributed by atoms with van der Waals surface area (Å²) in [6.07, 6.45) is 0. The summed E-state index contributed by atoms with van der Waals surface area (Å²) >= 11 is 2.87. The quantitative estimate of drug-likeness (QED) is 0.380. The van der Waals surface area contributed by atoms with E-state index in [2.05, 4.69) is 41.5 Å². The van der Waals surface area contributed by atoms with Gasteiger partial charge in [0, 0.05) is 11.3 Å². The van der Waals surface area contributed by atoms with Gasteiger partial charge in [0.25, 0.3) is 0 Å². The lowest BCUT2D eigenvalue weighted by Gasteiger charge is -2.09. The van der Waals surface area contributed by atoms with Gasteiger partial charge in [-0.05, 0) is 75.2 Å². The third-order valence-electron chi connectivity index (χ3n) is 4.26. The molecule has 28 heavy (non-hydrogen) atoms. The van der Waals surface area contributed by atoms with Crippen molar-refractivity contribution in [1.82, 2.24) is 10.2 Å². The van der Waals surface area contributed by atoms with Crippen LogP contribution in [-0.4, -0.2) is 27.8 Å². The molecule has 0 aliphatic rings. The molecule has 5 nitrogen and oxygen atoms in total. The highest BCUT2D eigenvalue weighted by molar-refractivity contribution is 8.02. The van der Waals surface area contributed by atoms with E-state index in [-0.39, 0.29) is 11.0 Å². The van der Waals surface area contributed by atoms with Gasteiger partial charge in [-0.1, -0.05) is 29.2 Å². The molecule has 1 N–H and O–H groups in total. The van der Waals surface area contributed by atoms with Crippen LogP contribution in [0.3, 0.4) is 0 Å².